The maximum Gasteiger partial charge on any atom is 0.234 e. The van der Waals surface area contributed by atoms with Gasteiger partial charge in [0.05, 0.1) is 18.4 Å². The summed E-state index contributed by atoms with van der Waals surface area (Å²) in [5.41, 5.74) is 1.02. The van der Waals surface area contributed by atoms with Crippen LogP contribution in [0.1, 0.15) is 12.0 Å². The van der Waals surface area contributed by atoms with Crippen LogP contribution < -0.4 is 0 Å². The summed E-state index contributed by atoms with van der Waals surface area (Å²) in [5.74, 6) is 0.517. The Bertz CT molecular complexity index is 548. The van der Waals surface area contributed by atoms with Crippen molar-refractivity contribution >= 4 is 11.8 Å². The second-order valence-electron chi connectivity index (χ2n) is 5.75. The number of rotatable bonds is 2. The molecule has 2 bridgehead atoms. The minimum Gasteiger partial charge on any atom is -0.278 e. The second kappa shape index (κ2) is 3.80. The molecule has 0 radical (unpaired) electrons. The van der Waals surface area contributed by atoms with E-state index in [0.29, 0.717) is 18.4 Å². The highest BCUT2D eigenvalue weighted by Gasteiger charge is 2.58. The first kappa shape index (κ1) is 11.0. The van der Waals surface area contributed by atoms with Crippen LogP contribution in [0.25, 0.3) is 0 Å². The standard InChI is InChI=1S/C16H15NO2/c18-15-13-11-6-7-12(8-11)14(13)16(19)17(15)9-10-4-2-1-3-5-10/h1-7,11-14H,8-9H2/t11-,12-,13+,14+/m0/s1. The lowest BCUT2D eigenvalue weighted by atomic mass is 9.85. The maximum atomic E-state index is 12.5. The van der Waals surface area contributed by atoms with Crippen molar-refractivity contribution in [2.75, 3.05) is 0 Å². The number of imide groups is 1. The summed E-state index contributed by atoms with van der Waals surface area (Å²) in [6.07, 6.45) is 5.25. The van der Waals surface area contributed by atoms with Crippen molar-refractivity contribution in [1.29, 1.82) is 0 Å². The van der Waals surface area contributed by atoms with Gasteiger partial charge >= 0.3 is 0 Å². The number of hydrogen-bond donors (Lipinski definition) is 0. The molecule has 1 heterocycles. The Labute approximate surface area is 111 Å². The van der Waals surface area contributed by atoms with Crippen LogP contribution in [0.2, 0.25) is 0 Å². The molecular formula is C16H15NO2. The van der Waals surface area contributed by atoms with E-state index >= 15 is 0 Å². The minimum absolute atomic E-state index is 0.0377. The quantitative estimate of drug-likeness (QED) is 0.597. The Morgan fingerprint density at radius 3 is 2.11 bits per heavy atom. The molecule has 0 unspecified atom stereocenters. The number of nitrogens with zero attached hydrogens (tertiary/aromatic N) is 1. The van der Waals surface area contributed by atoms with Gasteiger partial charge in [0.2, 0.25) is 11.8 Å². The van der Waals surface area contributed by atoms with Gasteiger partial charge in [-0.2, -0.15) is 0 Å². The van der Waals surface area contributed by atoms with Crippen molar-refractivity contribution in [3.8, 4) is 0 Å². The van der Waals surface area contributed by atoms with E-state index in [0.717, 1.165) is 12.0 Å². The summed E-state index contributed by atoms with van der Waals surface area (Å²) >= 11 is 0. The first-order valence-electron chi connectivity index (χ1n) is 6.83. The predicted molar refractivity (Wildman–Crippen MR) is 69.7 cm³/mol. The summed E-state index contributed by atoms with van der Waals surface area (Å²) in [5, 5.41) is 0. The van der Waals surface area contributed by atoms with E-state index in [-0.39, 0.29) is 23.7 Å². The van der Waals surface area contributed by atoms with Crippen molar-refractivity contribution in [3.05, 3.63) is 48.0 Å². The molecule has 3 heteroatoms. The van der Waals surface area contributed by atoms with E-state index in [1.54, 1.807) is 0 Å². The van der Waals surface area contributed by atoms with Gasteiger partial charge in [-0.3, -0.25) is 14.5 Å². The van der Waals surface area contributed by atoms with Crippen LogP contribution >= 0.6 is 0 Å². The molecule has 0 spiro atoms. The van der Waals surface area contributed by atoms with Crippen LogP contribution in [0.3, 0.4) is 0 Å². The van der Waals surface area contributed by atoms with Gasteiger partial charge in [-0.15, -0.1) is 0 Å². The van der Waals surface area contributed by atoms with Crippen molar-refractivity contribution in [1.82, 2.24) is 4.90 Å². The van der Waals surface area contributed by atoms with E-state index in [2.05, 4.69) is 12.2 Å². The van der Waals surface area contributed by atoms with Crippen LogP contribution in [-0.2, 0) is 16.1 Å². The Balaban J connectivity index is 1.62. The fourth-order valence-electron chi connectivity index (χ4n) is 3.89. The third-order valence-electron chi connectivity index (χ3n) is 4.75. The molecule has 1 saturated carbocycles. The lowest BCUT2D eigenvalue weighted by Gasteiger charge is -2.17. The Morgan fingerprint density at radius 1 is 0.947 bits per heavy atom. The van der Waals surface area contributed by atoms with Gasteiger partial charge in [0.15, 0.2) is 0 Å². The minimum atomic E-state index is -0.0776. The number of benzene rings is 1. The van der Waals surface area contributed by atoms with Gasteiger partial charge in [0.25, 0.3) is 0 Å². The molecule has 1 aromatic carbocycles. The molecule has 2 amide bonds. The number of hydrogen-bond acceptors (Lipinski definition) is 2. The zero-order valence-electron chi connectivity index (χ0n) is 10.5. The molecule has 3 aliphatic rings. The largest absolute Gasteiger partial charge is 0.278 e. The van der Waals surface area contributed by atoms with Crippen LogP contribution in [0.15, 0.2) is 42.5 Å². The molecule has 4 atom stereocenters. The number of carbonyl (C=O) groups is 2. The molecule has 0 N–H and O–H groups in total. The first-order chi connectivity index (χ1) is 9.25. The summed E-state index contributed by atoms with van der Waals surface area (Å²) in [7, 11) is 0. The number of likely N-dealkylation sites (tertiary alicyclic amines) is 1. The molecule has 0 aromatic heterocycles. The molecular weight excluding hydrogens is 238 g/mol. The zero-order chi connectivity index (χ0) is 13.0. The highest BCUT2D eigenvalue weighted by molar-refractivity contribution is 6.06. The van der Waals surface area contributed by atoms with Gasteiger partial charge in [-0.25, -0.2) is 0 Å². The molecule has 2 fully saturated rings. The average Bonchev–Trinajstić information content (AvgIpc) is 3.10. The van der Waals surface area contributed by atoms with Gasteiger partial charge in [0, 0.05) is 0 Å². The molecule has 2 aliphatic carbocycles. The van der Waals surface area contributed by atoms with Gasteiger partial charge in [0.1, 0.15) is 0 Å². The van der Waals surface area contributed by atoms with E-state index in [4.69, 9.17) is 0 Å². The molecule has 4 rings (SSSR count). The molecule has 1 aliphatic heterocycles. The van der Waals surface area contributed by atoms with Crippen LogP contribution in [0.4, 0.5) is 0 Å². The van der Waals surface area contributed by atoms with Crippen molar-refractivity contribution < 1.29 is 9.59 Å². The van der Waals surface area contributed by atoms with Crippen molar-refractivity contribution in [2.24, 2.45) is 23.7 Å². The molecule has 1 saturated heterocycles. The van der Waals surface area contributed by atoms with E-state index in [1.165, 1.54) is 4.90 Å². The number of allylic oxidation sites excluding steroid dienone is 2. The van der Waals surface area contributed by atoms with Gasteiger partial charge in [-0.1, -0.05) is 42.5 Å². The Morgan fingerprint density at radius 2 is 1.53 bits per heavy atom. The molecule has 3 nitrogen and oxygen atoms in total. The van der Waals surface area contributed by atoms with E-state index in [9.17, 15) is 9.59 Å². The predicted octanol–water partition coefficient (Wildman–Crippen LogP) is 1.99. The third-order valence-corrected chi connectivity index (χ3v) is 4.75. The number of carbonyl (C=O) groups excluding carboxylic acids is 2. The fourth-order valence-corrected chi connectivity index (χ4v) is 3.89. The summed E-state index contributed by atoms with van der Waals surface area (Å²) in [6, 6.07) is 9.73. The lowest BCUT2D eigenvalue weighted by molar-refractivity contribution is -0.141. The zero-order valence-corrected chi connectivity index (χ0v) is 10.5. The summed E-state index contributed by atoms with van der Waals surface area (Å²) in [4.78, 5) is 26.4. The van der Waals surface area contributed by atoms with Crippen molar-refractivity contribution in [3.63, 3.8) is 0 Å². The van der Waals surface area contributed by atoms with Gasteiger partial charge < -0.3 is 0 Å². The first-order valence-corrected chi connectivity index (χ1v) is 6.83. The lowest BCUT2D eigenvalue weighted by Crippen LogP contribution is -2.32. The Kier molecular flexibility index (Phi) is 2.19. The average molecular weight is 253 g/mol. The molecule has 19 heavy (non-hydrogen) atoms. The number of fused-ring (bicyclic) bond motifs is 5. The monoisotopic (exact) mass is 253 g/mol. The highest BCUT2D eigenvalue weighted by Crippen LogP contribution is 2.52. The smallest absolute Gasteiger partial charge is 0.234 e. The second-order valence-corrected chi connectivity index (χ2v) is 5.75. The van der Waals surface area contributed by atoms with Crippen LogP contribution in [-0.4, -0.2) is 16.7 Å². The third kappa shape index (κ3) is 1.44. The van der Waals surface area contributed by atoms with E-state index < -0.39 is 0 Å². The molecule has 1 aromatic rings. The maximum absolute atomic E-state index is 12.5. The topological polar surface area (TPSA) is 37.4 Å². The summed E-state index contributed by atoms with van der Waals surface area (Å²) in [6.45, 7) is 0.422. The van der Waals surface area contributed by atoms with Gasteiger partial charge in [-0.05, 0) is 23.8 Å². The Hall–Kier alpha value is -1.90. The van der Waals surface area contributed by atoms with E-state index in [1.807, 2.05) is 30.3 Å². The fraction of sp³-hybridized carbons (Fsp3) is 0.375. The van der Waals surface area contributed by atoms with Crippen LogP contribution in [0, 0.1) is 23.7 Å². The molecule has 96 valence electrons. The highest BCUT2D eigenvalue weighted by atomic mass is 16.2. The normalized spacial score (nSPS) is 35.3. The SMILES string of the molecule is O=C1[C@H]2[C@H](C(=O)N1Cc1ccccc1)[C@H]1C=C[C@H]2C1. The number of amides is 2. The van der Waals surface area contributed by atoms with Crippen LogP contribution in [0.5, 0.6) is 0 Å². The van der Waals surface area contributed by atoms with Crippen molar-refractivity contribution in [2.45, 2.75) is 13.0 Å². The summed E-state index contributed by atoms with van der Waals surface area (Å²) < 4.78 is 0.